The lowest BCUT2D eigenvalue weighted by Crippen LogP contribution is -2.36. The van der Waals surface area contributed by atoms with Crippen LogP contribution in [0.3, 0.4) is 0 Å². The van der Waals surface area contributed by atoms with Crippen molar-refractivity contribution in [3.63, 3.8) is 0 Å². The molecule has 1 aliphatic rings. The van der Waals surface area contributed by atoms with Gasteiger partial charge in [0.25, 0.3) is 5.91 Å². The average molecular weight is 287 g/mol. The van der Waals surface area contributed by atoms with Crippen molar-refractivity contribution in [1.82, 2.24) is 15.5 Å². The molecule has 0 saturated carbocycles. The summed E-state index contributed by atoms with van der Waals surface area (Å²) in [6.45, 7) is 1.44. The summed E-state index contributed by atoms with van der Waals surface area (Å²) in [6.07, 6.45) is 6.80. The lowest BCUT2D eigenvalue weighted by molar-refractivity contribution is 0.0507. The van der Waals surface area contributed by atoms with Gasteiger partial charge in [0.2, 0.25) is 5.76 Å². The predicted molar refractivity (Wildman–Crippen MR) is 74.5 cm³/mol. The number of amides is 1. The molecule has 1 fully saturated rings. The molecule has 1 amide bonds. The second-order valence-corrected chi connectivity index (χ2v) is 5.06. The normalized spacial score (nSPS) is 17.3. The summed E-state index contributed by atoms with van der Waals surface area (Å²) in [5.74, 6) is 0.290. The third-order valence-corrected chi connectivity index (χ3v) is 3.73. The summed E-state index contributed by atoms with van der Waals surface area (Å²) >= 11 is 0. The van der Waals surface area contributed by atoms with Gasteiger partial charge in [-0.15, -0.1) is 0 Å². The van der Waals surface area contributed by atoms with Crippen LogP contribution in [0.15, 0.2) is 41.3 Å². The fourth-order valence-electron chi connectivity index (χ4n) is 2.63. The highest BCUT2D eigenvalue weighted by Crippen LogP contribution is 2.30. The Morgan fingerprint density at radius 2 is 2.14 bits per heavy atom. The lowest BCUT2D eigenvalue weighted by atomic mass is 9.87. The molecule has 21 heavy (non-hydrogen) atoms. The number of hydrogen-bond donors (Lipinski definition) is 1. The molecule has 0 radical (unpaired) electrons. The Kier molecular flexibility index (Phi) is 4.25. The first-order valence-electron chi connectivity index (χ1n) is 7.04. The van der Waals surface area contributed by atoms with Crippen LogP contribution in [0.2, 0.25) is 0 Å². The zero-order valence-corrected chi connectivity index (χ0v) is 11.6. The zero-order valence-electron chi connectivity index (χ0n) is 11.6. The monoisotopic (exact) mass is 287 g/mol. The molecule has 110 valence electrons. The van der Waals surface area contributed by atoms with Crippen molar-refractivity contribution in [2.45, 2.75) is 18.9 Å². The van der Waals surface area contributed by atoms with E-state index in [4.69, 9.17) is 9.26 Å². The van der Waals surface area contributed by atoms with Crippen molar-refractivity contribution in [3.05, 3.63) is 48.1 Å². The first-order chi connectivity index (χ1) is 10.3. The number of aromatic nitrogens is 2. The molecule has 1 aliphatic heterocycles. The van der Waals surface area contributed by atoms with Gasteiger partial charge in [0.15, 0.2) is 0 Å². The molecular formula is C15H17N3O3. The molecule has 6 nitrogen and oxygen atoms in total. The maximum Gasteiger partial charge on any atom is 0.290 e. The Bertz CT molecular complexity index is 565. The molecule has 6 heteroatoms. The topological polar surface area (TPSA) is 77.2 Å². The first kappa shape index (κ1) is 13.8. The van der Waals surface area contributed by atoms with Gasteiger partial charge in [0.1, 0.15) is 0 Å². The molecule has 2 aromatic rings. The number of hydrogen-bond acceptors (Lipinski definition) is 5. The molecule has 1 atom stereocenters. The Morgan fingerprint density at radius 3 is 2.81 bits per heavy atom. The maximum atomic E-state index is 12.2. The zero-order chi connectivity index (χ0) is 14.5. The second kappa shape index (κ2) is 6.49. The Labute approximate surface area is 122 Å². The van der Waals surface area contributed by atoms with Gasteiger partial charge in [0, 0.05) is 31.7 Å². The molecule has 1 saturated heterocycles. The Hall–Kier alpha value is -2.21. The van der Waals surface area contributed by atoms with Gasteiger partial charge in [-0.3, -0.25) is 9.78 Å². The fourth-order valence-corrected chi connectivity index (χ4v) is 2.63. The van der Waals surface area contributed by atoms with E-state index in [-0.39, 0.29) is 17.7 Å². The average Bonchev–Trinajstić information content (AvgIpc) is 3.09. The molecule has 3 heterocycles. The van der Waals surface area contributed by atoms with E-state index in [2.05, 4.69) is 15.5 Å². The lowest BCUT2D eigenvalue weighted by Gasteiger charge is -2.30. The minimum Gasteiger partial charge on any atom is -0.381 e. The van der Waals surface area contributed by atoms with E-state index in [1.54, 1.807) is 18.5 Å². The summed E-state index contributed by atoms with van der Waals surface area (Å²) < 4.78 is 10.3. The number of rotatable bonds is 4. The molecule has 0 aliphatic carbocycles. The van der Waals surface area contributed by atoms with Crippen LogP contribution >= 0.6 is 0 Å². The van der Waals surface area contributed by atoms with Gasteiger partial charge in [-0.1, -0.05) is 11.2 Å². The van der Waals surface area contributed by atoms with Gasteiger partial charge < -0.3 is 14.6 Å². The van der Waals surface area contributed by atoms with Gasteiger partial charge in [-0.2, -0.15) is 0 Å². The standard InChI is InChI=1S/C15H17N3O3/c19-15(13-3-7-17-21-13)18-14(11-4-8-20-9-5-11)12-2-1-6-16-10-12/h1-3,6-7,10-11,14H,4-5,8-9H2,(H,18,19). The van der Waals surface area contributed by atoms with Crippen LogP contribution in [-0.2, 0) is 4.74 Å². The third kappa shape index (κ3) is 3.28. The van der Waals surface area contributed by atoms with Crippen molar-refractivity contribution in [3.8, 4) is 0 Å². The van der Waals surface area contributed by atoms with Crippen molar-refractivity contribution in [1.29, 1.82) is 0 Å². The van der Waals surface area contributed by atoms with Crippen molar-refractivity contribution in [2.24, 2.45) is 5.92 Å². The summed E-state index contributed by atoms with van der Waals surface area (Å²) in [5.41, 5.74) is 0.997. The van der Waals surface area contributed by atoms with Crippen LogP contribution in [0.5, 0.6) is 0 Å². The van der Waals surface area contributed by atoms with E-state index in [0.717, 1.165) is 31.6 Å². The molecule has 1 N–H and O–H groups in total. The summed E-state index contributed by atoms with van der Waals surface area (Å²) in [7, 11) is 0. The van der Waals surface area contributed by atoms with Crippen molar-refractivity contribution in [2.75, 3.05) is 13.2 Å². The molecule has 3 rings (SSSR count). The van der Waals surface area contributed by atoms with Crippen LogP contribution in [0, 0.1) is 5.92 Å². The van der Waals surface area contributed by atoms with Crippen molar-refractivity contribution < 1.29 is 14.1 Å². The smallest absolute Gasteiger partial charge is 0.290 e. The number of carbonyl (C=O) groups excluding carboxylic acids is 1. The number of nitrogens with one attached hydrogen (secondary N) is 1. The maximum absolute atomic E-state index is 12.2. The Morgan fingerprint density at radius 1 is 1.29 bits per heavy atom. The van der Waals surface area contributed by atoms with E-state index in [9.17, 15) is 4.79 Å². The second-order valence-electron chi connectivity index (χ2n) is 5.06. The Balaban J connectivity index is 1.80. The highest BCUT2D eigenvalue weighted by atomic mass is 16.5. The molecule has 0 spiro atoms. The summed E-state index contributed by atoms with van der Waals surface area (Å²) in [5, 5.41) is 6.60. The number of carbonyl (C=O) groups is 1. The quantitative estimate of drug-likeness (QED) is 0.930. The van der Waals surface area contributed by atoms with Gasteiger partial charge >= 0.3 is 0 Å². The molecule has 1 unspecified atom stereocenters. The van der Waals surface area contributed by atoms with Gasteiger partial charge in [0.05, 0.1) is 12.2 Å². The largest absolute Gasteiger partial charge is 0.381 e. The van der Waals surface area contributed by atoms with Crippen LogP contribution in [-0.4, -0.2) is 29.3 Å². The fraction of sp³-hybridized carbons (Fsp3) is 0.400. The van der Waals surface area contributed by atoms with Gasteiger partial charge in [-0.05, 0) is 30.4 Å². The molecule has 2 aromatic heterocycles. The van der Waals surface area contributed by atoms with E-state index >= 15 is 0 Å². The van der Waals surface area contributed by atoms with Crippen molar-refractivity contribution >= 4 is 5.91 Å². The van der Waals surface area contributed by atoms with Crippen LogP contribution in [0.4, 0.5) is 0 Å². The van der Waals surface area contributed by atoms with Crippen LogP contribution in [0.1, 0.15) is 35.0 Å². The minimum atomic E-state index is -0.257. The summed E-state index contributed by atoms with van der Waals surface area (Å²) in [4.78, 5) is 16.4. The number of pyridine rings is 1. The molecule has 0 aromatic carbocycles. The summed E-state index contributed by atoms with van der Waals surface area (Å²) in [6, 6.07) is 5.32. The first-order valence-corrected chi connectivity index (χ1v) is 7.04. The number of nitrogens with zero attached hydrogens (tertiary/aromatic N) is 2. The van der Waals surface area contributed by atoms with Crippen LogP contribution < -0.4 is 5.32 Å². The molecule has 0 bridgehead atoms. The third-order valence-electron chi connectivity index (χ3n) is 3.73. The highest BCUT2D eigenvalue weighted by molar-refractivity contribution is 5.91. The van der Waals surface area contributed by atoms with E-state index in [1.807, 2.05) is 12.1 Å². The van der Waals surface area contributed by atoms with Gasteiger partial charge in [-0.25, -0.2) is 0 Å². The number of ether oxygens (including phenoxy) is 1. The highest BCUT2D eigenvalue weighted by Gasteiger charge is 2.28. The van der Waals surface area contributed by atoms with E-state index < -0.39 is 0 Å². The van der Waals surface area contributed by atoms with E-state index in [1.165, 1.54) is 6.20 Å². The van der Waals surface area contributed by atoms with Crippen LogP contribution in [0.25, 0.3) is 0 Å². The minimum absolute atomic E-state index is 0.0970. The predicted octanol–water partition coefficient (Wildman–Crippen LogP) is 1.97. The van der Waals surface area contributed by atoms with E-state index in [0.29, 0.717) is 5.92 Å². The SMILES string of the molecule is O=C(NC(c1cccnc1)C1CCOCC1)c1ccno1. The molecular weight excluding hydrogens is 270 g/mol.